The predicted octanol–water partition coefficient (Wildman–Crippen LogP) is 7.80. The van der Waals surface area contributed by atoms with Gasteiger partial charge < -0.3 is 4.74 Å². The van der Waals surface area contributed by atoms with E-state index >= 15 is 0 Å². The van der Waals surface area contributed by atoms with E-state index in [1.807, 2.05) is 70.2 Å². The monoisotopic (exact) mass is 454 g/mol. The second kappa shape index (κ2) is 12.3. The quantitative estimate of drug-likeness (QED) is 0.382. The number of fused-ring (bicyclic) bond motifs is 1. The molecule has 31 heavy (non-hydrogen) atoms. The highest BCUT2D eigenvalue weighted by Gasteiger charge is 2.27. The minimum atomic E-state index is -4.36. The van der Waals surface area contributed by atoms with E-state index in [4.69, 9.17) is 4.74 Å². The summed E-state index contributed by atoms with van der Waals surface area (Å²) in [6.07, 6.45) is -5.93. The van der Waals surface area contributed by atoms with Crippen molar-refractivity contribution in [2.75, 3.05) is 5.75 Å². The highest BCUT2D eigenvalue weighted by molar-refractivity contribution is 7.91. The summed E-state index contributed by atoms with van der Waals surface area (Å²) in [7, 11) is -3.76. The van der Waals surface area contributed by atoms with Crippen LogP contribution in [0.5, 0.6) is 11.5 Å². The van der Waals surface area contributed by atoms with Gasteiger partial charge in [0.1, 0.15) is 11.5 Å². The van der Waals surface area contributed by atoms with Crippen LogP contribution in [0.4, 0.5) is 13.2 Å². The Morgan fingerprint density at radius 3 is 2.00 bits per heavy atom. The van der Waals surface area contributed by atoms with E-state index in [9.17, 15) is 21.6 Å². The van der Waals surface area contributed by atoms with Crippen LogP contribution in [0.25, 0.3) is 10.8 Å². The van der Waals surface area contributed by atoms with Crippen LogP contribution in [0.15, 0.2) is 71.6 Å². The fourth-order valence-corrected chi connectivity index (χ4v) is 4.02. The van der Waals surface area contributed by atoms with Gasteiger partial charge in [-0.3, -0.25) is 0 Å². The van der Waals surface area contributed by atoms with Crippen molar-refractivity contribution in [3.8, 4) is 11.5 Å². The first-order valence-electron chi connectivity index (χ1n) is 10.3. The highest BCUT2D eigenvalue weighted by Crippen LogP contribution is 2.30. The van der Waals surface area contributed by atoms with Crippen molar-refractivity contribution >= 4 is 20.6 Å². The van der Waals surface area contributed by atoms with E-state index in [1.165, 1.54) is 24.3 Å². The first-order chi connectivity index (χ1) is 14.7. The van der Waals surface area contributed by atoms with Crippen LogP contribution in [0.3, 0.4) is 0 Å². The van der Waals surface area contributed by atoms with Crippen molar-refractivity contribution in [3.63, 3.8) is 0 Å². The molecule has 3 nitrogen and oxygen atoms in total. The van der Waals surface area contributed by atoms with Gasteiger partial charge in [-0.2, -0.15) is 13.2 Å². The maximum absolute atomic E-state index is 12.2. The molecule has 0 saturated heterocycles. The Hall–Kier alpha value is -2.54. The first-order valence-corrected chi connectivity index (χ1v) is 11.9. The lowest BCUT2D eigenvalue weighted by atomic mass is 10.1. The molecule has 0 unspecified atom stereocenters. The Balaban J connectivity index is 0.00000113. The zero-order valence-electron chi connectivity index (χ0n) is 18.2. The van der Waals surface area contributed by atoms with Gasteiger partial charge in [-0.25, -0.2) is 8.42 Å². The number of ether oxygens (including phenoxy) is 1. The number of benzene rings is 3. The molecule has 0 aliphatic carbocycles. The molecule has 3 aromatic rings. The molecule has 0 heterocycles. The number of hydrogen-bond acceptors (Lipinski definition) is 3. The van der Waals surface area contributed by atoms with Crippen LogP contribution in [0.1, 0.15) is 40.5 Å². The van der Waals surface area contributed by atoms with Crippen molar-refractivity contribution in [1.29, 1.82) is 0 Å². The maximum atomic E-state index is 12.2. The summed E-state index contributed by atoms with van der Waals surface area (Å²) in [5.74, 6) is 0.533. The molecule has 3 aromatic carbocycles. The number of sulfone groups is 1. The Morgan fingerprint density at radius 2 is 1.39 bits per heavy atom. The first kappa shape index (κ1) is 26.5. The van der Waals surface area contributed by atoms with E-state index in [0.29, 0.717) is 11.5 Å². The average molecular weight is 455 g/mol. The molecule has 3 rings (SSSR count). The molecule has 0 aliphatic heterocycles. The van der Waals surface area contributed by atoms with Crippen LogP contribution in [0.2, 0.25) is 0 Å². The van der Waals surface area contributed by atoms with E-state index in [-0.39, 0.29) is 4.90 Å². The van der Waals surface area contributed by atoms with Gasteiger partial charge >= 0.3 is 6.18 Å². The van der Waals surface area contributed by atoms with Gasteiger partial charge in [-0.15, -0.1) is 0 Å². The van der Waals surface area contributed by atoms with Crippen LogP contribution >= 0.6 is 0 Å². The van der Waals surface area contributed by atoms with Gasteiger partial charge in [0.05, 0.1) is 10.6 Å². The minimum absolute atomic E-state index is 0.0186. The molecule has 170 valence electrons. The van der Waals surface area contributed by atoms with Crippen LogP contribution in [-0.2, 0) is 9.84 Å². The number of rotatable bonds is 6. The van der Waals surface area contributed by atoms with Crippen LogP contribution in [-0.4, -0.2) is 20.3 Å². The minimum Gasteiger partial charge on any atom is -0.457 e. The average Bonchev–Trinajstić information content (AvgIpc) is 2.76. The summed E-state index contributed by atoms with van der Waals surface area (Å²) in [4.78, 5) is -0.0186. The maximum Gasteiger partial charge on any atom is 0.389 e. The third-order valence-electron chi connectivity index (χ3n) is 4.03. The summed E-state index contributed by atoms with van der Waals surface area (Å²) in [5.41, 5.74) is 0. The van der Waals surface area contributed by atoms with Crippen molar-refractivity contribution < 1.29 is 26.3 Å². The van der Waals surface area contributed by atoms with Crippen molar-refractivity contribution in [2.45, 2.75) is 51.6 Å². The van der Waals surface area contributed by atoms with E-state index in [2.05, 4.69) is 0 Å². The molecular weight excluding hydrogens is 425 g/mol. The summed E-state index contributed by atoms with van der Waals surface area (Å²) >= 11 is 0. The fourth-order valence-electron chi connectivity index (χ4n) is 2.71. The smallest absolute Gasteiger partial charge is 0.389 e. The van der Waals surface area contributed by atoms with Crippen molar-refractivity contribution in [3.05, 3.63) is 66.7 Å². The normalized spacial score (nSPS) is 11.1. The Kier molecular flexibility index (Phi) is 10.6. The molecule has 7 heteroatoms. The molecular formula is C24H29F3O3S. The van der Waals surface area contributed by atoms with Gasteiger partial charge in [0.2, 0.25) is 0 Å². The zero-order chi connectivity index (χ0) is 23.5. The Labute approximate surface area is 182 Å². The van der Waals surface area contributed by atoms with Gasteiger partial charge in [0.25, 0.3) is 0 Å². The van der Waals surface area contributed by atoms with E-state index in [1.54, 1.807) is 0 Å². The second-order valence-corrected chi connectivity index (χ2v) is 8.20. The van der Waals surface area contributed by atoms with Gasteiger partial charge in [-0.1, -0.05) is 64.1 Å². The third-order valence-corrected chi connectivity index (χ3v) is 5.85. The lowest BCUT2D eigenvalue weighted by molar-refractivity contribution is -0.134. The molecule has 0 spiro atoms. The van der Waals surface area contributed by atoms with E-state index in [0.717, 1.165) is 10.8 Å². The third kappa shape index (κ3) is 8.25. The Morgan fingerprint density at radius 1 is 0.806 bits per heavy atom. The molecule has 0 aliphatic rings. The molecule has 0 amide bonds. The molecule has 0 radical (unpaired) electrons. The van der Waals surface area contributed by atoms with Gasteiger partial charge in [0.15, 0.2) is 9.84 Å². The summed E-state index contributed by atoms with van der Waals surface area (Å²) < 4.78 is 66.7. The second-order valence-electron chi connectivity index (χ2n) is 6.09. The lowest BCUT2D eigenvalue weighted by Gasteiger charge is -2.10. The summed E-state index contributed by atoms with van der Waals surface area (Å²) in [6, 6.07) is 19.0. The Bertz CT molecular complexity index is 1020. The molecule has 0 bridgehead atoms. The SMILES string of the molecule is CC.CC.O=S(=O)(CCCC(F)(F)F)c1ccc(Oc2cccc3ccccc23)cc1. The van der Waals surface area contributed by atoms with Crippen molar-refractivity contribution in [1.82, 2.24) is 0 Å². The largest absolute Gasteiger partial charge is 0.457 e. The fraction of sp³-hybridized carbons (Fsp3) is 0.333. The number of halogens is 3. The van der Waals surface area contributed by atoms with Crippen LogP contribution < -0.4 is 4.74 Å². The predicted molar refractivity (Wildman–Crippen MR) is 121 cm³/mol. The topological polar surface area (TPSA) is 43.4 Å². The molecule has 0 fully saturated rings. The van der Waals surface area contributed by atoms with Crippen LogP contribution in [0, 0.1) is 0 Å². The summed E-state index contributed by atoms with van der Waals surface area (Å²) in [5, 5.41) is 1.93. The molecule has 0 N–H and O–H groups in total. The van der Waals surface area contributed by atoms with Crippen molar-refractivity contribution in [2.24, 2.45) is 0 Å². The lowest BCUT2D eigenvalue weighted by Crippen LogP contribution is -2.12. The standard InChI is InChI=1S/C20H17F3O3S.2C2H6/c21-20(22,23)13-4-14-27(24,25)17-11-9-16(10-12-17)26-19-8-3-6-15-5-1-2-7-18(15)19;2*1-2/h1-3,5-12H,4,13-14H2;2*1-2H3. The zero-order valence-corrected chi connectivity index (χ0v) is 19.1. The number of alkyl halides is 3. The summed E-state index contributed by atoms with van der Waals surface area (Å²) in [6.45, 7) is 8.00. The van der Waals surface area contributed by atoms with E-state index < -0.39 is 34.6 Å². The number of hydrogen-bond donors (Lipinski definition) is 0. The molecule has 0 atom stereocenters. The molecule has 0 aromatic heterocycles. The molecule has 0 saturated carbocycles. The van der Waals surface area contributed by atoms with Gasteiger partial charge in [-0.05, 0) is 42.1 Å². The van der Waals surface area contributed by atoms with Gasteiger partial charge in [0, 0.05) is 11.8 Å². The highest BCUT2D eigenvalue weighted by atomic mass is 32.2.